The van der Waals surface area contributed by atoms with Gasteiger partial charge in [0.2, 0.25) is 0 Å². The van der Waals surface area contributed by atoms with Crippen LogP contribution in [-0.4, -0.2) is 21.3 Å². The second-order valence-electron chi connectivity index (χ2n) is 3.34. The zero-order chi connectivity index (χ0) is 11.4. The summed E-state index contributed by atoms with van der Waals surface area (Å²) in [5.74, 6) is 0.359. The number of pyridine rings is 1. The standard InChI is InChI=1S/C10H13N3O2/c1-6-4-9(12)13-5-7(6)10(15)8(14)2-3-11/h4-5,8,10,14-15H,2H2,1H3,(H2,12,13). The molecule has 0 radical (unpaired) electrons. The number of aliphatic hydroxyl groups is 2. The Morgan fingerprint density at radius 2 is 2.27 bits per heavy atom. The number of aromatic nitrogens is 1. The Hall–Kier alpha value is -1.64. The van der Waals surface area contributed by atoms with Gasteiger partial charge in [-0.2, -0.15) is 5.26 Å². The average molecular weight is 207 g/mol. The maximum absolute atomic E-state index is 9.71. The molecule has 1 rings (SSSR count). The van der Waals surface area contributed by atoms with Crippen molar-refractivity contribution in [2.75, 3.05) is 5.73 Å². The lowest BCUT2D eigenvalue weighted by Crippen LogP contribution is -2.18. The molecule has 0 aliphatic rings. The van der Waals surface area contributed by atoms with Gasteiger partial charge in [-0.1, -0.05) is 0 Å². The van der Waals surface area contributed by atoms with Crippen molar-refractivity contribution in [2.24, 2.45) is 0 Å². The third-order valence-electron chi connectivity index (χ3n) is 2.16. The highest BCUT2D eigenvalue weighted by molar-refractivity contribution is 5.37. The fraction of sp³-hybridized carbons (Fsp3) is 0.400. The van der Waals surface area contributed by atoms with Gasteiger partial charge in [-0.3, -0.25) is 0 Å². The Morgan fingerprint density at radius 3 is 2.80 bits per heavy atom. The largest absolute Gasteiger partial charge is 0.389 e. The number of hydrogen-bond acceptors (Lipinski definition) is 5. The topological polar surface area (TPSA) is 103 Å². The lowest BCUT2D eigenvalue weighted by atomic mass is 10.0. The van der Waals surface area contributed by atoms with E-state index >= 15 is 0 Å². The van der Waals surface area contributed by atoms with Crippen LogP contribution in [0.2, 0.25) is 0 Å². The van der Waals surface area contributed by atoms with E-state index in [4.69, 9.17) is 11.0 Å². The summed E-state index contributed by atoms with van der Waals surface area (Å²) in [6.45, 7) is 1.76. The first kappa shape index (κ1) is 11.4. The fourth-order valence-corrected chi connectivity index (χ4v) is 1.31. The minimum absolute atomic E-state index is 0.120. The SMILES string of the molecule is Cc1cc(N)ncc1C(O)C(O)CC#N. The van der Waals surface area contributed by atoms with Crippen LogP contribution in [0.4, 0.5) is 5.82 Å². The first-order valence-corrected chi connectivity index (χ1v) is 4.51. The normalized spacial score (nSPS) is 14.3. The molecule has 0 amide bonds. The van der Waals surface area contributed by atoms with E-state index in [1.807, 2.05) is 0 Å². The Labute approximate surface area is 87.8 Å². The molecule has 0 spiro atoms. The highest BCUT2D eigenvalue weighted by atomic mass is 16.3. The van der Waals surface area contributed by atoms with E-state index in [-0.39, 0.29) is 6.42 Å². The Morgan fingerprint density at radius 1 is 1.60 bits per heavy atom. The number of rotatable bonds is 3. The first-order valence-electron chi connectivity index (χ1n) is 4.51. The molecule has 1 heterocycles. The number of nitrogens with two attached hydrogens (primary N) is 1. The maximum Gasteiger partial charge on any atom is 0.123 e. The summed E-state index contributed by atoms with van der Waals surface area (Å²) in [5, 5.41) is 27.5. The summed E-state index contributed by atoms with van der Waals surface area (Å²) in [6.07, 6.45) is -0.905. The van der Waals surface area contributed by atoms with Gasteiger partial charge in [0.1, 0.15) is 11.9 Å². The molecule has 0 aliphatic heterocycles. The molecule has 5 heteroatoms. The molecule has 2 unspecified atom stereocenters. The van der Waals surface area contributed by atoms with Crippen molar-refractivity contribution in [3.63, 3.8) is 0 Å². The van der Waals surface area contributed by atoms with Gasteiger partial charge in [-0.05, 0) is 18.6 Å². The summed E-state index contributed by atoms with van der Waals surface area (Å²) < 4.78 is 0. The van der Waals surface area contributed by atoms with Crippen molar-refractivity contribution in [1.82, 2.24) is 4.98 Å². The molecule has 0 fully saturated rings. The molecule has 1 aromatic heterocycles. The lowest BCUT2D eigenvalue weighted by Gasteiger charge is -2.17. The fourth-order valence-electron chi connectivity index (χ4n) is 1.31. The first-order chi connectivity index (χ1) is 7.06. The summed E-state index contributed by atoms with van der Waals surface area (Å²) in [4.78, 5) is 3.83. The lowest BCUT2D eigenvalue weighted by molar-refractivity contribution is 0.0211. The van der Waals surface area contributed by atoms with Crippen LogP contribution in [0.5, 0.6) is 0 Å². The summed E-state index contributed by atoms with van der Waals surface area (Å²) in [5.41, 5.74) is 6.69. The van der Waals surface area contributed by atoms with Crippen molar-refractivity contribution in [3.05, 3.63) is 23.4 Å². The number of anilines is 1. The van der Waals surface area contributed by atoms with Crippen LogP contribution in [-0.2, 0) is 0 Å². The van der Waals surface area contributed by atoms with E-state index in [9.17, 15) is 10.2 Å². The van der Waals surface area contributed by atoms with Crippen LogP contribution in [0.15, 0.2) is 12.3 Å². The summed E-state index contributed by atoms with van der Waals surface area (Å²) >= 11 is 0. The number of nitrogens with zero attached hydrogens (tertiary/aromatic N) is 2. The summed E-state index contributed by atoms with van der Waals surface area (Å²) in [6, 6.07) is 3.40. The van der Waals surface area contributed by atoms with Gasteiger partial charge in [-0.25, -0.2) is 4.98 Å². The van der Waals surface area contributed by atoms with Crippen molar-refractivity contribution in [1.29, 1.82) is 5.26 Å². The third-order valence-corrected chi connectivity index (χ3v) is 2.16. The third kappa shape index (κ3) is 2.65. The summed E-state index contributed by atoms with van der Waals surface area (Å²) in [7, 11) is 0. The molecule has 2 atom stereocenters. The molecule has 5 nitrogen and oxygen atoms in total. The minimum atomic E-state index is -1.10. The van der Waals surface area contributed by atoms with Crippen molar-refractivity contribution < 1.29 is 10.2 Å². The monoisotopic (exact) mass is 207 g/mol. The average Bonchev–Trinajstić information content (AvgIpc) is 2.17. The Kier molecular flexibility index (Phi) is 3.61. The smallest absolute Gasteiger partial charge is 0.123 e. The second kappa shape index (κ2) is 4.73. The minimum Gasteiger partial charge on any atom is -0.389 e. The van der Waals surface area contributed by atoms with Gasteiger partial charge >= 0.3 is 0 Å². The Bertz CT molecular complexity index is 387. The predicted molar refractivity (Wildman–Crippen MR) is 54.6 cm³/mol. The quantitative estimate of drug-likeness (QED) is 0.660. The molecule has 80 valence electrons. The van der Waals surface area contributed by atoms with Gasteiger partial charge in [0, 0.05) is 11.8 Å². The molecule has 0 bridgehead atoms. The number of nitriles is 1. The van der Waals surface area contributed by atoms with E-state index in [1.54, 1.807) is 19.1 Å². The number of nitrogen functional groups attached to an aromatic ring is 1. The zero-order valence-corrected chi connectivity index (χ0v) is 8.38. The molecule has 0 saturated heterocycles. The van der Waals surface area contributed by atoms with Gasteiger partial charge in [0.05, 0.1) is 18.6 Å². The van der Waals surface area contributed by atoms with Crippen molar-refractivity contribution >= 4 is 5.82 Å². The van der Waals surface area contributed by atoms with Gasteiger partial charge in [-0.15, -0.1) is 0 Å². The van der Waals surface area contributed by atoms with Crippen molar-refractivity contribution in [2.45, 2.75) is 25.6 Å². The van der Waals surface area contributed by atoms with E-state index in [0.717, 1.165) is 5.56 Å². The van der Waals surface area contributed by atoms with Crippen LogP contribution in [0.25, 0.3) is 0 Å². The number of hydrogen-bond donors (Lipinski definition) is 3. The molecule has 15 heavy (non-hydrogen) atoms. The molecule has 0 saturated carbocycles. The number of aliphatic hydroxyl groups excluding tert-OH is 2. The van der Waals surface area contributed by atoms with Crippen LogP contribution >= 0.6 is 0 Å². The van der Waals surface area contributed by atoms with Crippen LogP contribution in [0.1, 0.15) is 23.7 Å². The van der Waals surface area contributed by atoms with E-state index < -0.39 is 12.2 Å². The van der Waals surface area contributed by atoms with E-state index in [1.165, 1.54) is 6.20 Å². The molecule has 4 N–H and O–H groups in total. The zero-order valence-electron chi connectivity index (χ0n) is 8.38. The van der Waals surface area contributed by atoms with Crippen LogP contribution < -0.4 is 5.73 Å². The second-order valence-corrected chi connectivity index (χ2v) is 3.34. The number of aryl methyl sites for hydroxylation is 1. The van der Waals surface area contributed by atoms with Gasteiger partial charge in [0.25, 0.3) is 0 Å². The van der Waals surface area contributed by atoms with Gasteiger partial charge < -0.3 is 15.9 Å². The molecular formula is C10H13N3O2. The van der Waals surface area contributed by atoms with Crippen LogP contribution in [0, 0.1) is 18.3 Å². The highest BCUT2D eigenvalue weighted by Gasteiger charge is 2.20. The van der Waals surface area contributed by atoms with E-state index in [2.05, 4.69) is 4.98 Å². The van der Waals surface area contributed by atoms with Crippen LogP contribution in [0.3, 0.4) is 0 Å². The predicted octanol–water partition coefficient (Wildman–Crippen LogP) is 0.280. The Balaban J connectivity index is 2.91. The molecular weight excluding hydrogens is 194 g/mol. The van der Waals surface area contributed by atoms with Crippen molar-refractivity contribution in [3.8, 4) is 6.07 Å². The van der Waals surface area contributed by atoms with Gasteiger partial charge in [0.15, 0.2) is 0 Å². The molecule has 0 aromatic carbocycles. The molecule has 1 aromatic rings. The maximum atomic E-state index is 9.71. The highest BCUT2D eigenvalue weighted by Crippen LogP contribution is 2.22. The molecule has 0 aliphatic carbocycles. The van der Waals surface area contributed by atoms with E-state index in [0.29, 0.717) is 11.4 Å².